The summed E-state index contributed by atoms with van der Waals surface area (Å²) in [7, 11) is 0. The van der Waals surface area contributed by atoms with Crippen LogP contribution in [0.5, 0.6) is 0 Å². The average Bonchev–Trinajstić information content (AvgIpc) is 3.34. The summed E-state index contributed by atoms with van der Waals surface area (Å²) in [4.78, 5) is 16.7. The van der Waals surface area contributed by atoms with Crippen molar-refractivity contribution in [2.45, 2.75) is 33.2 Å². The third-order valence-corrected chi connectivity index (χ3v) is 6.90. The fourth-order valence-corrected chi connectivity index (χ4v) is 4.16. The highest BCUT2D eigenvalue weighted by Crippen LogP contribution is 2.29. The summed E-state index contributed by atoms with van der Waals surface area (Å²) in [5, 5.41) is 8.87. The highest BCUT2D eigenvalue weighted by molar-refractivity contribution is 9.10. The number of carbonyl (C=O) groups is 1. The predicted molar refractivity (Wildman–Crippen MR) is 120 cm³/mol. The van der Waals surface area contributed by atoms with E-state index >= 15 is 0 Å². The number of piperazine rings is 1. The summed E-state index contributed by atoms with van der Waals surface area (Å²) in [6.07, 6.45) is -2.60. The fraction of sp³-hybridized carbons (Fsp3) is 0.409. The minimum absolute atomic E-state index is 0.151. The van der Waals surface area contributed by atoms with Crippen LogP contribution in [0.25, 0.3) is 0 Å². The Bertz CT molecular complexity index is 1150. The van der Waals surface area contributed by atoms with Crippen LogP contribution in [0.1, 0.15) is 33.0 Å². The molecule has 0 radical (unpaired) electrons. The van der Waals surface area contributed by atoms with Crippen LogP contribution in [0.4, 0.5) is 13.2 Å². The Hall–Kier alpha value is -2.66. The van der Waals surface area contributed by atoms with Crippen molar-refractivity contribution < 1.29 is 18.0 Å². The lowest BCUT2D eigenvalue weighted by molar-refractivity contribution is -0.137. The zero-order chi connectivity index (χ0) is 23.8. The Kier molecular flexibility index (Phi) is 6.62. The lowest BCUT2D eigenvalue weighted by Gasteiger charge is -2.34. The van der Waals surface area contributed by atoms with Crippen molar-refractivity contribution in [2.24, 2.45) is 0 Å². The number of benzene rings is 1. The Morgan fingerprint density at radius 1 is 1.09 bits per heavy atom. The molecule has 0 bridgehead atoms. The topological polar surface area (TPSA) is 59.2 Å². The lowest BCUT2D eigenvalue weighted by atomic mass is 10.1. The molecule has 0 unspecified atom stereocenters. The minimum atomic E-state index is -4.35. The molecule has 1 amide bonds. The molecule has 1 aliphatic heterocycles. The SMILES string of the molecule is Cc1nn(Cn2ccc(C(=O)N3CCN(Cc4cccc(C(F)(F)F)c4)CC3)n2)c(C)c1Br. The molecule has 1 aliphatic rings. The molecule has 7 nitrogen and oxygen atoms in total. The van der Waals surface area contributed by atoms with Gasteiger partial charge in [0.05, 0.1) is 21.4 Å². The van der Waals surface area contributed by atoms with E-state index in [0.717, 1.165) is 21.9 Å². The van der Waals surface area contributed by atoms with Gasteiger partial charge in [0.1, 0.15) is 12.4 Å². The van der Waals surface area contributed by atoms with Crippen molar-refractivity contribution in [1.29, 1.82) is 0 Å². The number of aryl methyl sites for hydroxylation is 1. The zero-order valence-corrected chi connectivity index (χ0v) is 19.9. The number of rotatable bonds is 5. The first kappa shape index (κ1) is 23.5. The first-order valence-electron chi connectivity index (χ1n) is 10.5. The third kappa shape index (κ3) is 5.30. The molecule has 4 rings (SSSR count). The Morgan fingerprint density at radius 3 is 2.45 bits per heavy atom. The molecule has 1 fully saturated rings. The molecular weight excluding hydrogens is 501 g/mol. The summed E-state index contributed by atoms with van der Waals surface area (Å²) < 4.78 is 43.2. The lowest BCUT2D eigenvalue weighted by Crippen LogP contribution is -2.48. The molecule has 0 atom stereocenters. The molecule has 11 heteroatoms. The summed E-state index contributed by atoms with van der Waals surface area (Å²) in [6, 6.07) is 7.08. The van der Waals surface area contributed by atoms with Gasteiger partial charge in [0, 0.05) is 38.9 Å². The van der Waals surface area contributed by atoms with Gasteiger partial charge in [-0.2, -0.15) is 23.4 Å². The maximum Gasteiger partial charge on any atom is 0.416 e. The molecule has 1 saturated heterocycles. The summed E-state index contributed by atoms with van der Waals surface area (Å²) in [5.41, 5.74) is 2.20. The van der Waals surface area contributed by atoms with Crippen molar-refractivity contribution >= 4 is 21.8 Å². The smallest absolute Gasteiger partial charge is 0.335 e. The van der Waals surface area contributed by atoms with E-state index in [-0.39, 0.29) is 5.91 Å². The maximum atomic E-state index is 12.9. The molecule has 176 valence electrons. The number of hydrogen-bond acceptors (Lipinski definition) is 4. The van der Waals surface area contributed by atoms with Crippen molar-refractivity contribution in [1.82, 2.24) is 29.4 Å². The molecule has 0 saturated carbocycles. The van der Waals surface area contributed by atoms with Crippen LogP contribution < -0.4 is 0 Å². The Balaban J connectivity index is 1.33. The van der Waals surface area contributed by atoms with Crippen LogP contribution in [-0.2, 0) is 19.4 Å². The van der Waals surface area contributed by atoms with Gasteiger partial charge in [0.25, 0.3) is 5.91 Å². The van der Waals surface area contributed by atoms with Gasteiger partial charge in [0.15, 0.2) is 0 Å². The van der Waals surface area contributed by atoms with Gasteiger partial charge < -0.3 is 4.90 Å². The van der Waals surface area contributed by atoms with Crippen molar-refractivity contribution in [3.8, 4) is 0 Å². The molecule has 0 N–H and O–H groups in total. The maximum absolute atomic E-state index is 12.9. The molecule has 2 aromatic heterocycles. The quantitative estimate of drug-likeness (QED) is 0.507. The summed E-state index contributed by atoms with van der Waals surface area (Å²) >= 11 is 3.50. The van der Waals surface area contributed by atoms with E-state index in [9.17, 15) is 18.0 Å². The van der Waals surface area contributed by atoms with Gasteiger partial charge in [0.2, 0.25) is 0 Å². The predicted octanol–water partition coefficient (Wildman–Crippen LogP) is 3.94. The van der Waals surface area contributed by atoms with E-state index in [0.29, 0.717) is 50.6 Å². The summed E-state index contributed by atoms with van der Waals surface area (Å²) in [5.74, 6) is -0.151. The number of hydrogen-bond donors (Lipinski definition) is 0. The summed E-state index contributed by atoms with van der Waals surface area (Å²) in [6.45, 7) is 6.85. The molecule has 0 aliphatic carbocycles. The Morgan fingerprint density at radius 2 is 1.82 bits per heavy atom. The minimum Gasteiger partial charge on any atom is -0.335 e. The Labute approximate surface area is 197 Å². The van der Waals surface area contributed by atoms with E-state index < -0.39 is 11.7 Å². The number of halogens is 4. The van der Waals surface area contributed by atoms with Crippen LogP contribution in [0.2, 0.25) is 0 Å². The average molecular weight is 525 g/mol. The third-order valence-electron chi connectivity index (χ3n) is 5.75. The molecule has 1 aromatic carbocycles. The van der Waals surface area contributed by atoms with Crippen LogP contribution >= 0.6 is 15.9 Å². The number of nitrogens with zero attached hydrogens (tertiary/aromatic N) is 6. The first-order valence-corrected chi connectivity index (χ1v) is 11.3. The molecule has 0 spiro atoms. The number of amides is 1. The van der Waals surface area contributed by atoms with E-state index in [1.807, 2.05) is 18.5 Å². The number of carbonyl (C=O) groups excluding carboxylic acids is 1. The number of alkyl halides is 3. The van der Waals surface area contributed by atoms with Crippen LogP contribution in [0.15, 0.2) is 41.0 Å². The van der Waals surface area contributed by atoms with Crippen LogP contribution in [0, 0.1) is 13.8 Å². The van der Waals surface area contributed by atoms with Gasteiger partial charge in [-0.3, -0.25) is 14.4 Å². The van der Waals surface area contributed by atoms with Gasteiger partial charge in [-0.15, -0.1) is 0 Å². The van der Waals surface area contributed by atoms with Gasteiger partial charge in [-0.25, -0.2) is 4.68 Å². The number of aromatic nitrogens is 4. The van der Waals surface area contributed by atoms with E-state index in [1.54, 1.807) is 27.9 Å². The van der Waals surface area contributed by atoms with Crippen LogP contribution in [0.3, 0.4) is 0 Å². The van der Waals surface area contributed by atoms with E-state index in [1.165, 1.54) is 12.1 Å². The second-order valence-electron chi connectivity index (χ2n) is 8.13. The first-order chi connectivity index (χ1) is 15.6. The molecular formula is C22H24BrF3N6O. The van der Waals surface area contributed by atoms with Crippen molar-refractivity contribution in [3.05, 3.63) is 69.2 Å². The van der Waals surface area contributed by atoms with E-state index in [4.69, 9.17) is 0 Å². The van der Waals surface area contributed by atoms with Gasteiger partial charge in [-0.1, -0.05) is 18.2 Å². The van der Waals surface area contributed by atoms with Crippen molar-refractivity contribution in [3.63, 3.8) is 0 Å². The van der Waals surface area contributed by atoms with Crippen LogP contribution in [-0.4, -0.2) is 61.4 Å². The highest BCUT2D eigenvalue weighted by atomic mass is 79.9. The standard InChI is InChI=1S/C22H24BrF3N6O/c1-15-20(23)16(2)32(27-15)14-31-7-6-19(28-31)21(33)30-10-8-29(9-11-30)13-17-4-3-5-18(12-17)22(24,25)26/h3-7,12H,8-11,13-14H2,1-2H3. The largest absolute Gasteiger partial charge is 0.416 e. The van der Waals surface area contributed by atoms with E-state index in [2.05, 4.69) is 31.0 Å². The zero-order valence-electron chi connectivity index (χ0n) is 18.3. The van der Waals surface area contributed by atoms with Gasteiger partial charge >= 0.3 is 6.18 Å². The normalized spacial score (nSPS) is 15.3. The molecule has 3 heterocycles. The second-order valence-corrected chi connectivity index (χ2v) is 8.93. The monoisotopic (exact) mass is 524 g/mol. The molecule has 33 heavy (non-hydrogen) atoms. The fourth-order valence-electron chi connectivity index (χ4n) is 3.88. The van der Waals surface area contributed by atoms with Gasteiger partial charge in [-0.05, 0) is 47.5 Å². The van der Waals surface area contributed by atoms with Crippen molar-refractivity contribution in [2.75, 3.05) is 26.2 Å². The molecule has 3 aromatic rings. The highest BCUT2D eigenvalue weighted by Gasteiger charge is 2.30. The second kappa shape index (κ2) is 9.30.